The van der Waals surface area contributed by atoms with Crippen LogP contribution in [0.25, 0.3) is 0 Å². The molecule has 7 heteroatoms. The monoisotopic (exact) mass is 504 g/mol. The number of rotatable bonds is 5. The number of carbonyl (C=O) groups is 3. The predicted molar refractivity (Wildman–Crippen MR) is 134 cm³/mol. The minimum atomic E-state index is -1.46. The van der Waals surface area contributed by atoms with Crippen molar-refractivity contribution in [1.82, 2.24) is 0 Å². The van der Waals surface area contributed by atoms with Crippen LogP contribution in [0.15, 0.2) is 11.6 Å². The molecule has 7 nitrogen and oxygen atoms in total. The number of Topliss-reactive ketones (excluding diaryl/α,β-unsaturated/α-hetero) is 3. The van der Waals surface area contributed by atoms with E-state index in [1.807, 2.05) is 27.7 Å². The van der Waals surface area contributed by atoms with Gasteiger partial charge in [0.25, 0.3) is 0 Å². The Bertz CT molecular complexity index is 1010. The van der Waals surface area contributed by atoms with Gasteiger partial charge in [-0.2, -0.15) is 0 Å². The maximum absolute atomic E-state index is 14.1. The van der Waals surface area contributed by atoms with Gasteiger partial charge in [-0.3, -0.25) is 14.4 Å². The van der Waals surface area contributed by atoms with E-state index in [1.54, 1.807) is 0 Å². The van der Waals surface area contributed by atoms with Gasteiger partial charge in [0.15, 0.2) is 11.6 Å². The van der Waals surface area contributed by atoms with E-state index in [2.05, 4.69) is 13.0 Å². The number of aliphatic hydroxyl groups is 4. The van der Waals surface area contributed by atoms with Crippen molar-refractivity contribution >= 4 is 17.3 Å². The Morgan fingerprint density at radius 2 is 1.72 bits per heavy atom. The fourth-order valence-corrected chi connectivity index (χ4v) is 8.62. The molecular formula is C29H44O7. The van der Waals surface area contributed by atoms with Gasteiger partial charge in [-0.15, -0.1) is 0 Å². The fraction of sp³-hybridized carbons (Fsp3) is 0.828. The Kier molecular flexibility index (Phi) is 6.36. The summed E-state index contributed by atoms with van der Waals surface area (Å²) >= 11 is 0. The first-order chi connectivity index (χ1) is 16.3. The van der Waals surface area contributed by atoms with Crippen LogP contribution >= 0.6 is 0 Å². The highest BCUT2D eigenvalue weighted by Gasteiger charge is 2.71. The van der Waals surface area contributed by atoms with Crippen molar-refractivity contribution in [1.29, 1.82) is 0 Å². The van der Waals surface area contributed by atoms with Crippen LogP contribution in [0, 0.1) is 39.4 Å². The van der Waals surface area contributed by atoms with E-state index in [4.69, 9.17) is 0 Å². The SMILES string of the molecule is CC(C)(O)C(O)CC(=O)C(O)C1CCC2(C)C3CC=C4C(CC(=O)C(O)C4(C)C)C3(C)C(=O)CC12C. The highest BCUT2D eigenvalue weighted by atomic mass is 16.3. The van der Waals surface area contributed by atoms with E-state index in [-0.39, 0.29) is 48.1 Å². The van der Waals surface area contributed by atoms with Crippen molar-refractivity contribution in [3.05, 3.63) is 11.6 Å². The minimum Gasteiger partial charge on any atom is -0.390 e. The average molecular weight is 505 g/mol. The zero-order valence-corrected chi connectivity index (χ0v) is 22.8. The lowest BCUT2D eigenvalue weighted by Gasteiger charge is -2.64. The molecule has 202 valence electrons. The second-order valence-corrected chi connectivity index (χ2v) is 13.9. The molecule has 0 aromatic rings. The fourth-order valence-electron chi connectivity index (χ4n) is 8.62. The number of hydrogen-bond donors (Lipinski definition) is 4. The van der Waals surface area contributed by atoms with Crippen LogP contribution < -0.4 is 0 Å². The van der Waals surface area contributed by atoms with Crippen LogP contribution in [0.3, 0.4) is 0 Å². The number of carbonyl (C=O) groups excluding carboxylic acids is 3. The molecule has 0 heterocycles. The smallest absolute Gasteiger partial charge is 0.164 e. The van der Waals surface area contributed by atoms with Gasteiger partial charge >= 0.3 is 0 Å². The topological polar surface area (TPSA) is 132 Å². The first-order valence-electron chi connectivity index (χ1n) is 13.4. The molecule has 0 aliphatic heterocycles. The summed E-state index contributed by atoms with van der Waals surface area (Å²) in [4.78, 5) is 39.9. The van der Waals surface area contributed by atoms with Crippen LogP contribution in [0.5, 0.6) is 0 Å². The molecule has 3 saturated carbocycles. The van der Waals surface area contributed by atoms with Crippen molar-refractivity contribution < 1.29 is 34.8 Å². The van der Waals surface area contributed by atoms with Gasteiger partial charge in [-0.1, -0.05) is 46.3 Å². The molecule has 4 rings (SSSR count). The lowest BCUT2D eigenvalue weighted by atomic mass is 9.38. The van der Waals surface area contributed by atoms with Gasteiger partial charge in [0.05, 0.1) is 11.7 Å². The first kappa shape index (κ1) is 27.6. The zero-order chi connectivity index (χ0) is 27.2. The Morgan fingerprint density at radius 1 is 1.11 bits per heavy atom. The van der Waals surface area contributed by atoms with Gasteiger partial charge in [-0.05, 0) is 61.7 Å². The van der Waals surface area contributed by atoms with Gasteiger partial charge in [-0.25, -0.2) is 0 Å². The molecular weight excluding hydrogens is 460 g/mol. The highest BCUT2D eigenvalue weighted by molar-refractivity contribution is 5.92. The van der Waals surface area contributed by atoms with Gasteiger partial charge in [0.1, 0.15) is 18.0 Å². The van der Waals surface area contributed by atoms with Crippen molar-refractivity contribution in [2.45, 2.75) is 111 Å². The molecule has 0 amide bonds. The Hall–Kier alpha value is -1.41. The number of ketones is 3. The molecule has 9 atom stereocenters. The molecule has 0 radical (unpaired) electrons. The van der Waals surface area contributed by atoms with E-state index in [1.165, 1.54) is 13.8 Å². The third-order valence-electron chi connectivity index (χ3n) is 11.5. The van der Waals surface area contributed by atoms with Gasteiger partial charge in [0, 0.05) is 30.1 Å². The standard InChI is InChI=1S/C29H44O7/c1-25(2)15-8-9-20-27(5)11-10-16(23(34)18(30)13-21(32)26(3,4)36)28(27,6)14-22(33)29(20,7)17(15)12-19(31)24(25)35/h8,16-17,20-21,23-24,32,34-36H,9-14H2,1-7H3. The zero-order valence-electron chi connectivity index (χ0n) is 22.8. The molecule has 0 aromatic heterocycles. The molecule has 3 fully saturated rings. The minimum absolute atomic E-state index is 0.0573. The Morgan fingerprint density at radius 3 is 2.31 bits per heavy atom. The summed E-state index contributed by atoms with van der Waals surface area (Å²) in [5.74, 6) is -1.42. The van der Waals surface area contributed by atoms with Crippen molar-refractivity contribution in [3.8, 4) is 0 Å². The lowest BCUT2D eigenvalue weighted by molar-refractivity contribution is -0.176. The summed E-state index contributed by atoms with van der Waals surface area (Å²) in [6.45, 7) is 12.8. The normalized spacial score (nSPS) is 43.7. The highest BCUT2D eigenvalue weighted by Crippen LogP contribution is 2.73. The second kappa shape index (κ2) is 8.29. The molecule has 0 aromatic carbocycles. The van der Waals surface area contributed by atoms with E-state index in [9.17, 15) is 34.8 Å². The molecule has 4 aliphatic carbocycles. The number of allylic oxidation sites excluding steroid dienone is 1. The molecule has 4 N–H and O–H groups in total. The number of hydrogen-bond acceptors (Lipinski definition) is 7. The van der Waals surface area contributed by atoms with Crippen LogP contribution in [-0.4, -0.2) is 61.7 Å². The van der Waals surface area contributed by atoms with E-state index in [0.29, 0.717) is 12.8 Å². The summed E-state index contributed by atoms with van der Waals surface area (Å²) in [5.41, 5.74) is -2.91. The Balaban J connectivity index is 1.69. The van der Waals surface area contributed by atoms with Crippen LogP contribution in [-0.2, 0) is 14.4 Å². The molecule has 4 aliphatic rings. The second-order valence-electron chi connectivity index (χ2n) is 13.9. The molecule has 0 bridgehead atoms. The van der Waals surface area contributed by atoms with Crippen molar-refractivity contribution in [2.24, 2.45) is 39.4 Å². The number of fused-ring (bicyclic) bond motifs is 5. The summed E-state index contributed by atoms with van der Waals surface area (Å²) in [6.07, 6.45) is 0.449. The van der Waals surface area contributed by atoms with Crippen LogP contribution in [0.1, 0.15) is 87.0 Å². The molecule has 9 unspecified atom stereocenters. The van der Waals surface area contributed by atoms with E-state index >= 15 is 0 Å². The molecule has 0 spiro atoms. The number of aliphatic hydroxyl groups excluding tert-OH is 3. The van der Waals surface area contributed by atoms with Gasteiger partial charge in [0.2, 0.25) is 0 Å². The predicted octanol–water partition coefficient (Wildman–Crippen LogP) is 2.76. The lowest BCUT2D eigenvalue weighted by Crippen LogP contribution is -2.64. The van der Waals surface area contributed by atoms with Gasteiger partial charge < -0.3 is 20.4 Å². The summed E-state index contributed by atoms with van der Waals surface area (Å²) in [7, 11) is 0. The average Bonchev–Trinajstić information content (AvgIpc) is 3.02. The van der Waals surface area contributed by atoms with Crippen molar-refractivity contribution in [3.63, 3.8) is 0 Å². The summed E-state index contributed by atoms with van der Waals surface area (Å²) in [6, 6.07) is 0. The maximum atomic E-state index is 14.1. The summed E-state index contributed by atoms with van der Waals surface area (Å²) < 4.78 is 0. The largest absolute Gasteiger partial charge is 0.390 e. The van der Waals surface area contributed by atoms with E-state index in [0.717, 1.165) is 12.0 Å². The molecule has 0 saturated heterocycles. The summed E-state index contributed by atoms with van der Waals surface area (Å²) in [5, 5.41) is 42.1. The molecule has 36 heavy (non-hydrogen) atoms. The first-order valence-corrected chi connectivity index (χ1v) is 13.4. The third-order valence-corrected chi connectivity index (χ3v) is 11.5. The Labute approximate surface area is 214 Å². The quantitative estimate of drug-likeness (QED) is 0.423. The third kappa shape index (κ3) is 3.56. The van der Waals surface area contributed by atoms with Crippen LogP contribution in [0.2, 0.25) is 0 Å². The van der Waals surface area contributed by atoms with E-state index < -0.39 is 51.9 Å². The van der Waals surface area contributed by atoms with Crippen LogP contribution in [0.4, 0.5) is 0 Å². The maximum Gasteiger partial charge on any atom is 0.164 e. The van der Waals surface area contributed by atoms with Crippen molar-refractivity contribution in [2.75, 3.05) is 0 Å².